The zero-order chi connectivity index (χ0) is 90.7. The summed E-state index contributed by atoms with van der Waals surface area (Å²) in [6.45, 7) is 7.32. The second-order valence-corrected chi connectivity index (χ2v) is 30.2. The van der Waals surface area contributed by atoms with Crippen molar-refractivity contribution in [2.45, 2.75) is 203 Å². The fraction of sp³-hybridized carbons (Fsp3) is 0.475. The molecule has 0 bridgehead atoms. The summed E-state index contributed by atoms with van der Waals surface area (Å²) in [5.74, 6) is -12.9. The molecule has 0 unspecified atom stereocenters. The SMILES string of the molecule is CC(C)C[C@H](NC(=O)[C@H](CCCNC(=N)N)NC(=O)[C@H](Cc1ccc(O)cc1)NC(=O)[C@H](N)C/C=C\C[C@@H](N)C(=O)N[C@@H](Cc1ccc(O)cc1)C(=O)N[C@@H](CCCNC(=N)N)C(=O)N[C@@H](CC(C)C)C(=O)N[C@@H](CCCNC(=N)N)C(=O)N[C@@H](Cc1ccc(O)cc1)C(N)=O)C(=O)N[C@@H](CCCNC(=N)N)C(=O)N[C@@H](Cc1ccc(O)cc1)C(N)=O. The van der Waals surface area contributed by atoms with Crippen molar-refractivity contribution in [3.8, 4) is 23.0 Å². The number of rotatable bonds is 54. The van der Waals surface area contributed by atoms with Crippen LogP contribution in [0, 0.1) is 33.5 Å². The number of hydrogen-bond acceptors (Lipinski definition) is 22. The van der Waals surface area contributed by atoms with Crippen LogP contribution in [0.5, 0.6) is 23.0 Å². The number of carbonyl (C=O) groups is 12. The maximum atomic E-state index is 14.7. The van der Waals surface area contributed by atoms with Crippen molar-refractivity contribution in [3.63, 3.8) is 0 Å². The molecule has 0 spiro atoms. The topological polar surface area (TPSA) is 758 Å². The molecule has 42 nitrogen and oxygen atoms in total. The first-order valence-electron chi connectivity index (χ1n) is 39.9. The summed E-state index contributed by atoms with van der Waals surface area (Å²) in [5, 5.41) is 108. The predicted molar refractivity (Wildman–Crippen MR) is 455 cm³/mol. The Morgan fingerprint density at radius 1 is 0.295 bits per heavy atom. The number of benzene rings is 4. The quantitative estimate of drug-likeness (QED) is 0.00861. The molecule has 0 aliphatic rings. The number of primary amides is 2. The van der Waals surface area contributed by atoms with Gasteiger partial charge in [0.1, 0.15) is 83.4 Å². The Morgan fingerprint density at radius 2 is 0.484 bits per heavy atom. The molecule has 0 aliphatic carbocycles. The number of nitrogens with one attached hydrogen (secondary N) is 18. The molecule has 0 aliphatic heterocycles. The van der Waals surface area contributed by atoms with Crippen LogP contribution in [0.2, 0.25) is 0 Å². The van der Waals surface area contributed by atoms with E-state index in [2.05, 4.69) is 74.4 Å². The standard InChI is InChI=1S/C80H122N26O16/c1-43(2)37-61(73(119)97-55(13-7-33-93-77(85)86)69(115)101-59(65(83)111)39-45-17-25-49(107)26-18-45)105-71(117)57(15-9-35-95-79(89)90)99-75(121)63(41-47-21-29-51(109)30-22-47)103-67(113)53(81)11-5-6-12-54(82)68(114)104-64(42-48-23-31-52(110)32-24-48)76(122)100-58(16-10-36-96-80(91)92)72(118)106-62(38-44(3)4)74(120)98-56(14-8-34-94-78(87)88)70(116)102-60(66(84)112)40-46-19-27-50(108)28-20-46/h5-6,17-32,43-44,53-64,107-110H,7-16,33-42,81-82H2,1-4H3,(H2,83,111)(H2,84,112)(H,97,119)(H,98,120)(H,99,121)(H,100,122)(H,101,115)(H,102,116)(H,103,113)(H,104,114)(H,105,117)(H,106,118)(H4,85,86,93)(H4,87,88,94)(H4,89,90,95)(H4,91,92,96)/b6-5-/t53-,54-,55+,56+,57+,58+,59+,60+,61+,62+,63+,64+/m1/s1. The number of guanidine groups is 4. The van der Waals surface area contributed by atoms with E-state index in [4.69, 9.17) is 67.5 Å². The third-order valence-electron chi connectivity index (χ3n) is 18.9. The van der Waals surface area contributed by atoms with Gasteiger partial charge in [0.15, 0.2) is 23.8 Å². The third kappa shape index (κ3) is 39.4. The van der Waals surface area contributed by atoms with Crippen LogP contribution < -0.4 is 120 Å². The van der Waals surface area contributed by atoms with Crippen molar-refractivity contribution < 1.29 is 78.0 Å². The first kappa shape index (κ1) is 101. The molecule has 0 aromatic heterocycles. The number of phenols is 4. The summed E-state index contributed by atoms with van der Waals surface area (Å²) in [6.07, 6.45) is 1.81. The highest BCUT2D eigenvalue weighted by Crippen LogP contribution is 2.19. The van der Waals surface area contributed by atoms with Crippen LogP contribution in [0.15, 0.2) is 109 Å². The molecular formula is C80H122N26O16. The van der Waals surface area contributed by atoms with Gasteiger partial charge >= 0.3 is 0 Å². The van der Waals surface area contributed by atoms with Crippen LogP contribution in [-0.4, -0.2) is 214 Å². The zero-order valence-electron chi connectivity index (χ0n) is 68.9. The van der Waals surface area contributed by atoms with E-state index >= 15 is 0 Å². The van der Waals surface area contributed by atoms with E-state index in [0.717, 1.165) is 0 Å². The van der Waals surface area contributed by atoms with Gasteiger partial charge in [0.25, 0.3) is 0 Å². The van der Waals surface area contributed by atoms with Gasteiger partial charge in [0, 0.05) is 51.9 Å². The highest BCUT2D eigenvalue weighted by molar-refractivity contribution is 5.99. The number of phenolic OH excluding ortho intramolecular Hbond substituents is 4. The largest absolute Gasteiger partial charge is 0.508 e. The lowest BCUT2D eigenvalue weighted by Gasteiger charge is -2.28. The summed E-state index contributed by atoms with van der Waals surface area (Å²) < 4.78 is 0. The molecule has 0 saturated heterocycles. The van der Waals surface area contributed by atoms with Gasteiger partial charge in [0.2, 0.25) is 70.9 Å². The molecule has 12 atom stereocenters. The molecule has 12 amide bonds. The zero-order valence-corrected chi connectivity index (χ0v) is 68.9. The molecule has 4 aromatic rings. The molecule has 4 aromatic carbocycles. The Balaban J connectivity index is 1.57. The molecule has 0 fully saturated rings. The molecule has 4 rings (SSSR count). The lowest BCUT2D eigenvalue weighted by atomic mass is 10.00. The van der Waals surface area contributed by atoms with Gasteiger partial charge < -0.3 is 141 Å². The first-order chi connectivity index (χ1) is 57.7. The van der Waals surface area contributed by atoms with Crippen molar-refractivity contribution in [2.24, 2.45) is 57.7 Å². The average Bonchev–Trinajstić information content (AvgIpc) is 0.814. The molecule has 0 radical (unpaired) electrons. The molecule has 42 heteroatoms. The van der Waals surface area contributed by atoms with Crippen molar-refractivity contribution in [3.05, 3.63) is 131 Å². The number of aromatic hydroxyl groups is 4. The Kier molecular flexibility index (Phi) is 43.3. The van der Waals surface area contributed by atoms with E-state index in [1.54, 1.807) is 27.7 Å². The summed E-state index contributed by atoms with van der Waals surface area (Å²) >= 11 is 0. The van der Waals surface area contributed by atoms with Crippen LogP contribution in [0.3, 0.4) is 0 Å². The summed E-state index contributed by atoms with van der Waals surface area (Å²) in [5.41, 5.74) is 48.3. The van der Waals surface area contributed by atoms with Gasteiger partial charge in [-0.2, -0.15) is 0 Å². The number of hydrogen-bond donors (Lipinski definition) is 30. The van der Waals surface area contributed by atoms with E-state index in [1.165, 1.54) is 109 Å². The van der Waals surface area contributed by atoms with Crippen LogP contribution in [0.1, 0.15) is 127 Å². The molecule has 122 heavy (non-hydrogen) atoms. The Bertz CT molecular complexity index is 3930. The highest BCUT2D eigenvalue weighted by atomic mass is 16.3. The van der Waals surface area contributed by atoms with Gasteiger partial charge in [-0.1, -0.05) is 88.4 Å². The summed E-state index contributed by atoms with van der Waals surface area (Å²) in [4.78, 5) is 169. The molecule has 38 N–H and O–H groups in total. The van der Waals surface area contributed by atoms with Crippen LogP contribution >= 0.6 is 0 Å². The van der Waals surface area contributed by atoms with E-state index < -0.39 is 155 Å². The number of amides is 12. The Labute approximate surface area is 707 Å². The van der Waals surface area contributed by atoms with Gasteiger partial charge in [-0.3, -0.25) is 79.2 Å². The minimum atomic E-state index is -1.49. The van der Waals surface area contributed by atoms with E-state index in [1.807, 2.05) is 0 Å². The smallest absolute Gasteiger partial charge is 0.243 e. The minimum absolute atomic E-state index is 0.0136. The highest BCUT2D eigenvalue weighted by Gasteiger charge is 2.37. The van der Waals surface area contributed by atoms with Gasteiger partial charge in [0.05, 0.1) is 12.1 Å². The van der Waals surface area contributed by atoms with Crippen LogP contribution in [0.4, 0.5) is 0 Å². The van der Waals surface area contributed by atoms with Crippen LogP contribution in [-0.2, 0) is 83.2 Å². The van der Waals surface area contributed by atoms with Gasteiger partial charge in [-0.05, 0) is 160 Å². The normalized spacial score (nSPS) is 14.1. The summed E-state index contributed by atoms with van der Waals surface area (Å²) in [7, 11) is 0. The molecule has 0 saturated carbocycles. The summed E-state index contributed by atoms with van der Waals surface area (Å²) in [6, 6.07) is 6.22. The third-order valence-corrected chi connectivity index (χ3v) is 18.9. The second kappa shape index (κ2) is 52.4. The monoisotopic (exact) mass is 1700 g/mol. The lowest BCUT2D eigenvalue weighted by Crippen LogP contribution is -2.60. The van der Waals surface area contributed by atoms with Crippen molar-refractivity contribution in [2.75, 3.05) is 26.2 Å². The van der Waals surface area contributed by atoms with Crippen molar-refractivity contribution >= 4 is 94.7 Å². The van der Waals surface area contributed by atoms with Crippen LogP contribution in [0.25, 0.3) is 0 Å². The maximum Gasteiger partial charge on any atom is 0.243 e. The van der Waals surface area contributed by atoms with Crippen molar-refractivity contribution in [1.82, 2.24) is 74.4 Å². The number of carbonyl (C=O) groups excluding carboxylic acids is 12. The first-order valence-corrected chi connectivity index (χ1v) is 39.9. The predicted octanol–water partition coefficient (Wildman–Crippen LogP) is -4.27. The lowest BCUT2D eigenvalue weighted by molar-refractivity contribution is -0.135. The minimum Gasteiger partial charge on any atom is -0.508 e. The number of nitrogens with two attached hydrogens (primary N) is 8. The Morgan fingerprint density at radius 3 is 0.697 bits per heavy atom. The van der Waals surface area contributed by atoms with Gasteiger partial charge in [-0.25, -0.2) is 0 Å². The second-order valence-electron chi connectivity index (χ2n) is 30.2. The van der Waals surface area contributed by atoms with E-state index in [9.17, 15) is 78.0 Å². The molecule has 0 heterocycles. The average molecular weight is 1700 g/mol. The molecular weight excluding hydrogens is 1580 g/mol. The fourth-order valence-corrected chi connectivity index (χ4v) is 12.4. The fourth-order valence-electron chi connectivity index (χ4n) is 12.4. The van der Waals surface area contributed by atoms with Crippen molar-refractivity contribution in [1.29, 1.82) is 21.6 Å². The molecule has 668 valence electrons. The maximum absolute atomic E-state index is 14.7. The van der Waals surface area contributed by atoms with E-state index in [0.29, 0.717) is 22.3 Å². The Hall–Kier alpha value is -13.5. The van der Waals surface area contributed by atoms with E-state index in [-0.39, 0.29) is 176 Å². The van der Waals surface area contributed by atoms with Gasteiger partial charge in [-0.15, -0.1) is 0 Å².